The molecule has 29 heavy (non-hydrogen) atoms. The van der Waals surface area contributed by atoms with Gasteiger partial charge in [-0.3, -0.25) is 4.79 Å². The van der Waals surface area contributed by atoms with Crippen LogP contribution < -0.4 is 15.0 Å². The number of ether oxygens (including phenoxy) is 1. The minimum atomic E-state index is -1.04. The van der Waals surface area contributed by atoms with Gasteiger partial charge in [-0.15, -0.1) is 0 Å². The van der Waals surface area contributed by atoms with Crippen LogP contribution in [-0.2, 0) is 11.2 Å². The molecule has 154 valence electrons. The SMILES string of the molecule is COc1ccc(CCC(=O)Nc2ccc(N3CCC[C@@H](C)C3)cc2C(=O)O)cc1. The van der Waals surface area contributed by atoms with Gasteiger partial charge in [0.25, 0.3) is 0 Å². The van der Waals surface area contributed by atoms with Crippen LogP contribution in [0.4, 0.5) is 11.4 Å². The highest BCUT2D eigenvalue weighted by molar-refractivity contribution is 6.01. The molecule has 0 spiro atoms. The molecule has 0 saturated carbocycles. The van der Waals surface area contributed by atoms with Gasteiger partial charge in [-0.05, 0) is 61.1 Å². The number of piperidine rings is 1. The van der Waals surface area contributed by atoms with Crippen molar-refractivity contribution in [3.05, 3.63) is 53.6 Å². The maximum Gasteiger partial charge on any atom is 0.337 e. The highest BCUT2D eigenvalue weighted by Crippen LogP contribution is 2.27. The Hall–Kier alpha value is -3.02. The lowest BCUT2D eigenvalue weighted by molar-refractivity contribution is -0.116. The number of nitrogens with one attached hydrogen (secondary N) is 1. The Morgan fingerprint density at radius 2 is 1.97 bits per heavy atom. The molecule has 1 saturated heterocycles. The lowest BCUT2D eigenvalue weighted by Gasteiger charge is -2.33. The summed E-state index contributed by atoms with van der Waals surface area (Å²) < 4.78 is 5.13. The fourth-order valence-corrected chi connectivity index (χ4v) is 3.70. The number of carbonyl (C=O) groups is 2. The zero-order chi connectivity index (χ0) is 20.8. The zero-order valence-corrected chi connectivity index (χ0v) is 17.0. The molecule has 6 heteroatoms. The van der Waals surface area contributed by atoms with Crippen molar-refractivity contribution >= 4 is 23.3 Å². The van der Waals surface area contributed by atoms with Crippen molar-refractivity contribution in [1.82, 2.24) is 0 Å². The summed E-state index contributed by atoms with van der Waals surface area (Å²) in [7, 11) is 1.61. The predicted molar refractivity (Wildman–Crippen MR) is 114 cm³/mol. The average Bonchev–Trinajstić information content (AvgIpc) is 2.72. The molecule has 3 rings (SSSR count). The quantitative estimate of drug-likeness (QED) is 0.733. The van der Waals surface area contributed by atoms with Crippen LogP contribution in [0.3, 0.4) is 0 Å². The van der Waals surface area contributed by atoms with E-state index in [-0.39, 0.29) is 17.9 Å². The number of aromatic carboxylic acids is 1. The Kier molecular flexibility index (Phi) is 6.75. The van der Waals surface area contributed by atoms with Crippen molar-refractivity contribution in [3.8, 4) is 5.75 Å². The van der Waals surface area contributed by atoms with Crippen molar-refractivity contribution in [2.24, 2.45) is 5.92 Å². The summed E-state index contributed by atoms with van der Waals surface area (Å²) >= 11 is 0. The van der Waals surface area contributed by atoms with Crippen molar-refractivity contribution in [2.75, 3.05) is 30.4 Å². The predicted octanol–water partition coefficient (Wildman–Crippen LogP) is 4.20. The van der Waals surface area contributed by atoms with Gasteiger partial charge in [0, 0.05) is 25.2 Å². The second kappa shape index (κ2) is 9.45. The lowest BCUT2D eigenvalue weighted by Crippen LogP contribution is -2.34. The van der Waals surface area contributed by atoms with E-state index in [0.29, 0.717) is 18.0 Å². The van der Waals surface area contributed by atoms with Gasteiger partial charge in [0.05, 0.1) is 18.4 Å². The summed E-state index contributed by atoms with van der Waals surface area (Å²) in [5.41, 5.74) is 2.38. The number of amides is 1. The normalized spacial score (nSPS) is 16.3. The highest BCUT2D eigenvalue weighted by atomic mass is 16.5. The molecular formula is C23H28N2O4. The average molecular weight is 396 g/mol. The van der Waals surface area contributed by atoms with E-state index in [9.17, 15) is 14.7 Å². The third-order valence-corrected chi connectivity index (χ3v) is 5.33. The van der Waals surface area contributed by atoms with Gasteiger partial charge in [-0.1, -0.05) is 19.1 Å². The van der Waals surface area contributed by atoms with E-state index in [1.54, 1.807) is 19.2 Å². The molecule has 6 nitrogen and oxygen atoms in total. The molecule has 2 aromatic rings. The highest BCUT2D eigenvalue weighted by Gasteiger charge is 2.20. The van der Waals surface area contributed by atoms with Crippen LogP contribution in [0.25, 0.3) is 0 Å². The van der Waals surface area contributed by atoms with Gasteiger partial charge in [-0.2, -0.15) is 0 Å². The molecule has 1 aliphatic heterocycles. The summed E-state index contributed by atoms with van der Waals surface area (Å²) in [4.78, 5) is 26.4. The molecule has 2 aromatic carbocycles. The lowest BCUT2D eigenvalue weighted by atomic mass is 9.99. The molecule has 1 fully saturated rings. The number of carboxylic acids is 1. The maximum absolute atomic E-state index is 12.4. The largest absolute Gasteiger partial charge is 0.497 e. The molecule has 0 aliphatic carbocycles. The molecule has 1 amide bonds. The number of rotatable bonds is 7. The molecule has 1 aliphatic rings. The number of benzene rings is 2. The van der Waals surface area contributed by atoms with E-state index in [0.717, 1.165) is 36.5 Å². The summed E-state index contributed by atoms with van der Waals surface area (Å²) in [5.74, 6) is 0.117. The van der Waals surface area contributed by atoms with E-state index in [1.807, 2.05) is 30.3 Å². The third kappa shape index (κ3) is 5.50. The number of carbonyl (C=O) groups excluding carboxylic acids is 1. The number of aryl methyl sites for hydroxylation is 1. The van der Waals surface area contributed by atoms with Gasteiger partial charge in [-0.25, -0.2) is 4.79 Å². The fraction of sp³-hybridized carbons (Fsp3) is 0.391. The molecular weight excluding hydrogens is 368 g/mol. The number of hydrogen-bond acceptors (Lipinski definition) is 4. The Balaban J connectivity index is 1.65. The topological polar surface area (TPSA) is 78.9 Å². The van der Waals surface area contributed by atoms with Gasteiger partial charge in [0.15, 0.2) is 0 Å². The Morgan fingerprint density at radius 1 is 1.21 bits per heavy atom. The summed E-state index contributed by atoms with van der Waals surface area (Å²) in [6, 6.07) is 12.8. The van der Waals surface area contributed by atoms with Crippen LogP contribution in [0.5, 0.6) is 5.75 Å². The maximum atomic E-state index is 12.4. The Bertz CT molecular complexity index is 864. The van der Waals surface area contributed by atoms with Gasteiger partial charge in [0.1, 0.15) is 5.75 Å². The summed E-state index contributed by atoms with van der Waals surface area (Å²) in [6.07, 6.45) is 3.15. The zero-order valence-electron chi connectivity index (χ0n) is 17.0. The van der Waals surface area contributed by atoms with Crippen LogP contribution in [-0.4, -0.2) is 37.2 Å². The molecule has 0 aromatic heterocycles. The molecule has 0 bridgehead atoms. The molecule has 0 radical (unpaired) electrons. The minimum absolute atomic E-state index is 0.124. The third-order valence-electron chi connectivity index (χ3n) is 5.33. The van der Waals surface area contributed by atoms with Crippen LogP contribution in [0, 0.1) is 5.92 Å². The van der Waals surface area contributed by atoms with Gasteiger partial charge in [0.2, 0.25) is 5.91 Å². The molecule has 1 atom stereocenters. The standard InChI is InChI=1S/C23H28N2O4/c1-16-4-3-13-25(15-16)18-8-11-21(20(14-18)23(27)28)24-22(26)12-7-17-5-9-19(29-2)10-6-17/h5-6,8-11,14,16H,3-4,7,12-13,15H2,1-2H3,(H,24,26)(H,27,28)/t16-/m1/s1. The van der Waals surface area contributed by atoms with E-state index in [1.165, 1.54) is 6.42 Å². The second-order valence-corrected chi connectivity index (χ2v) is 7.62. The molecule has 2 N–H and O–H groups in total. The van der Waals surface area contributed by atoms with Crippen molar-refractivity contribution in [3.63, 3.8) is 0 Å². The Morgan fingerprint density at radius 3 is 2.62 bits per heavy atom. The number of anilines is 2. The second-order valence-electron chi connectivity index (χ2n) is 7.62. The number of nitrogens with zero attached hydrogens (tertiary/aromatic N) is 1. The number of methoxy groups -OCH3 is 1. The van der Waals surface area contributed by atoms with Crippen LogP contribution in [0.1, 0.15) is 42.1 Å². The van der Waals surface area contributed by atoms with Crippen LogP contribution >= 0.6 is 0 Å². The molecule has 0 unspecified atom stereocenters. The van der Waals surface area contributed by atoms with E-state index in [4.69, 9.17) is 4.74 Å². The fourth-order valence-electron chi connectivity index (χ4n) is 3.70. The van der Waals surface area contributed by atoms with Crippen molar-refractivity contribution in [2.45, 2.75) is 32.6 Å². The van der Waals surface area contributed by atoms with Gasteiger partial charge >= 0.3 is 5.97 Å². The first-order chi connectivity index (χ1) is 14.0. The van der Waals surface area contributed by atoms with Gasteiger partial charge < -0.3 is 20.1 Å². The Labute approximate surface area is 171 Å². The number of carboxylic acid groups (broad SMARTS) is 1. The van der Waals surface area contributed by atoms with E-state index >= 15 is 0 Å². The van der Waals surface area contributed by atoms with E-state index < -0.39 is 5.97 Å². The number of hydrogen-bond donors (Lipinski definition) is 2. The summed E-state index contributed by atoms with van der Waals surface area (Å²) in [6.45, 7) is 4.06. The van der Waals surface area contributed by atoms with Crippen LogP contribution in [0.2, 0.25) is 0 Å². The van der Waals surface area contributed by atoms with Crippen molar-refractivity contribution in [1.29, 1.82) is 0 Å². The smallest absolute Gasteiger partial charge is 0.337 e. The first-order valence-corrected chi connectivity index (χ1v) is 10.0. The first kappa shape index (κ1) is 20.7. The minimum Gasteiger partial charge on any atom is -0.497 e. The van der Waals surface area contributed by atoms with E-state index in [2.05, 4.69) is 17.1 Å². The molecule has 1 heterocycles. The monoisotopic (exact) mass is 396 g/mol. The summed E-state index contributed by atoms with van der Waals surface area (Å²) in [5, 5.41) is 12.4. The van der Waals surface area contributed by atoms with Crippen LogP contribution in [0.15, 0.2) is 42.5 Å². The van der Waals surface area contributed by atoms with Crippen molar-refractivity contribution < 1.29 is 19.4 Å². The first-order valence-electron chi connectivity index (χ1n) is 10.0.